The van der Waals surface area contributed by atoms with Crippen molar-refractivity contribution in [3.05, 3.63) is 37.8 Å². The molecule has 1 aromatic carbocycles. The molecule has 6 heteroatoms. The number of hydrogen-bond acceptors (Lipinski definition) is 4. The third-order valence-corrected chi connectivity index (χ3v) is 2.86. The van der Waals surface area contributed by atoms with E-state index in [-0.39, 0.29) is 11.3 Å². The molecule has 0 saturated carbocycles. The number of carbonyl (C=O) groups excluding carboxylic acids is 1. The Hall–Kier alpha value is -1.43. The van der Waals surface area contributed by atoms with Gasteiger partial charge in [0.15, 0.2) is 0 Å². The van der Waals surface area contributed by atoms with Crippen LogP contribution in [0.1, 0.15) is 22.8 Å². The second-order valence-electron chi connectivity index (χ2n) is 3.06. The number of nitro benzene ring substituents is 1. The van der Waals surface area contributed by atoms with Gasteiger partial charge in [0, 0.05) is 16.6 Å². The summed E-state index contributed by atoms with van der Waals surface area (Å²) in [6.45, 7) is 1.86. The van der Waals surface area contributed by atoms with Crippen molar-refractivity contribution in [2.75, 3.05) is 7.11 Å². The van der Waals surface area contributed by atoms with E-state index in [0.717, 1.165) is 0 Å². The van der Waals surface area contributed by atoms with Crippen LogP contribution in [0, 0.1) is 10.1 Å². The smallest absolute Gasteiger partial charge is 0.338 e. The first-order chi connectivity index (χ1) is 7.51. The van der Waals surface area contributed by atoms with Crippen molar-refractivity contribution in [2.45, 2.75) is 13.3 Å². The summed E-state index contributed by atoms with van der Waals surface area (Å²) in [4.78, 5) is 21.6. The average Bonchev–Trinajstić information content (AvgIpc) is 2.26. The molecule has 0 fully saturated rings. The Morgan fingerprint density at radius 1 is 1.56 bits per heavy atom. The van der Waals surface area contributed by atoms with Gasteiger partial charge in [0.05, 0.1) is 17.6 Å². The maximum atomic E-state index is 11.5. The summed E-state index contributed by atoms with van der Waals surface area (Å²) in [5.41, 5.74) is 0.799. The fraction of sp³-hybridized carbons (Fsp3) is 0.300. The van der Waals surface area contributed by atoms with Crippen LogP contribution in [0.3, 0.4) is 0 Å². The van der Waals surface area contributed by atoms with Gasteiger partial charge in [-0.2, -0.15) is 0 Å². The molecular formula is C10H10BrNO4. The molecule has 0 aliphatic carbocycles. The van der Waals surface area contributed by atoms with Crippen LogP contribution < -0.4 is 0 Å². The van der Waals surface area contributed by atoms with Gasteiger partial charge in [0.1, 0.15) is 0 Å². The van der Waals surface area contributed by atoms with Gasteiger partial charge in [0.25, 0.3) is 5.69 Å². The van der Waals surface area contributed by atoms with Gasteiger partial charge in [-0.05, 0) is 12.0 Å². The number of benzene rings is 1. The van der Waals surface area contributed by atoms with Gasteiger partial charge in [-0.3, -0.25) is 10.1 Å². The third kappa shape index (κ3) is 2.38. The van der Waals surface area contributed by atoms with Crippen LogP contribution in [0.25, 0.3) is 0 Å². The van der Waals surface area contributed by atoms with Crippen molar-refractivity contribution in [3.63, 3.8) is 0 Å². The van der Waals surface area contributed by atoms with Crippen molar-refractivity contribution in [1.82, 2.24) is 0 Å². The van der Waals surface area contributed by atoms with E-state index >= 15 is 0 Å². The maximum Gasteiger partial charge on any atom is 0.338 e. The summed E-state index contributed by atoms with van der Waals surface area (Å²) in [6.07, 6.45) is 0.586. The first-order valence-electron chi connectivity index (χ1n) is 4.56. The lowest BCUT2D eigenvalue weighted by atomic mass is 10.0. The molecular weight excluding hydrogens is 278 g/mol. The Bertz CT molecular complexity index is 445. The topological polar surface area (TPSA) is 69.4 Å². The summed E-state index contributed by atoms with van der Waals surface area (Å²) >= 11 is 3.21. The molecule has 0 atom stereocenters. The molecule has 0 aromatic heterocycles. The monoisotopic (exact) mass is 287 g/mol. The van der Waals surface area contributed by atoms with Crippen molar-refractivity contribution < 1.29 is 14.5 Å². The van der Waals surface area contributed by atoms with Crippen molar-refractivity contribution in [3.8, 4) is 0 Å². The lowest BCUT2D eigenvalue weighted by Crippen LogP contribution is -2.07. The molecule has 0 N–H and O–H groups in total. The van der Waals surface area contributed by atoms with Crippen LogP contribution in [-0.4, -0.2) is 18.0 Å². The molecule has 1 aromatic rings. The van der Waals surface area contributed by atoms with E-state index in [1.54, 1.807) is 0 Å². The first-order valence-corrected chi connectivity index (χ1v) is 5.35. The zero-order valence-corrected chi connectivity index (χ0v) is 10.4. The number of halogens is 1. The van der Waals surface area contributed by atoms with Crippen LogP contribution >= 0.6 is 15.9 Å². The van der Waals surface area contributed by atoms with Gasteiger partial charge >= 0.3 is 5.97 Å². The lowest BCUT2D eigenvalue weighted by molar-refractivity contribution is -0.385. The molecule has 0 aliphatic rings. The number of rotatable bonds is 3. The SMILES string of the molecule is CCc1c(Br)cc([N+](=O)[O-])cc1C(=O)OC. The average molecular weight is 288 g/mol. The second-order valence-corrected chi connectivity index (χ2v) is 3.91. The Morgan fingerprint density at radius 3 is 2.62 bits per heavy atom. The van der Waals surface area contributed by atoms with E-state index in [9.17, 15) is 14.9 Å². The first kappa shape index (κ1) is 12.6. The van der Waals surface area contributed by atoms with Crippen molar-refractivity contribution >= 4 is 27.6 Å². The highest BCUT2D eigenvalue weighted by Crippen LogP contribution is 2.28. The molecule has 0 bridgehead atoms. The largest absolute Gasteiger partial charge is 0.465 e. The fourth-order valence-corrected chi connectivity index (χ4v) is 2.11. The van der Waals surface area contributed by atoms with Gasteiger partial charge in [0.2, 0.25) is 0 Å². The van der Waals surface area contributed by atoms with Gasteiger partial charge in [-0.15, -0.1) is 0 Å². The van der Waals surface area contributed by atoms with Crippen LogP contribution in [0.15, 0.2) is 16.6 Å². The zero-order valence-electron chi connectivity index (χ0n) is 8.82. The van der Waals surface area contributed by atoms with Crippen LogP contribution in [0.5, 0.6) is 0 Å². The standard InChI is InChI=1S/C10H10BrNO4/c1-3-7-8(10(13)16-2)4-6(12(14)15)5-9(7)11/h4-5H,3H2,1-2H3. The maximum absolute atomic E-state index is 11.5. The quantitative estimate of drug-likeness (QED) is 0.487. The minimum absolute atomic E-state index is 0.135. The van der Waals surface area contributed by atoms with Crippen LogP contribution in [-0.2, 0) is 11.2 Å². The van der Waals surface area contributed by atoms with E-state index in [0.29, 0.717) is 16.5 Å². The summed E-state index contributed by atoms with van der Waals surface area (Å²) in [5, 5.41) is 10.6. The number of esters is 1. The van der Waals surface area contributed by atoms with E-state index < -0.39 is 10.9 Å². The number of nitrogens with zero attached hydrogens (tertiary/aromatic N) is 1. The highest BCUT2D eigenvalue weighted by Gasteiger charge is 2.19. The Morgan fingerprint density at radius 2 is 2.19 bits per heavy atom. The minimum Gasteiger partial charge on any atom is -0.465 e. The number of nitro groups is 1. The lowest BCUT2D eigenvalue weighted by Gasteiger charge is -2.07. The minimum atomic E-state index is -0.568. The molecule has 0 unspecified atom stereocenters. The number of carbonyl (C=O) groups is 1. The van der Waals surface area contributed by atoms with Crippen LogP contribution in [0.4, 0.5) is 5.69 Å². The summed E-state index contributed by atoms with van der Waals surface area (Å²) in [5.74, 6) is -0.568. The summed E-state index contributed by atoms with van der Waals surface area (Å²) in [6, 6.07) is 2.61. The molecule has 1 rings (SSSR count). The molecule has 0 saturated heterocycles. The number of hydrogen-bond donors (Lipinski definition) is 0. The number of ether oxygens (including phenoxy) is 1. The van der Waals surface area contributed by atoms with E-state index in [4.69, 9.17) is 0 Å². The zero-order chi connectivity index (χ0) is 12.3. The van der Waals surface area contributed by atoms with Gasteiger partial charge < -0.3 is 4.74 Å². The fourth-order valence-electron chi connectivity index (χ4n) is 1.38. The Kier molecular flexibility index (Phi) is 4.00. The van der Waals surface area contributed by atoms with Crippen molar-refractivity contribution in [1.29, 1.82) is 0 Å². The predicted molar refractivity (Wildman–Crippen MR) is 61.5 cm³/mol. The molecule has 5 nitrogen and oxygen atoms in total. The van der Waals surface area contributed by atoms with E-state index in [2.05, 4.69) is 20.7 Å². The highest BCUT2D eigenvalue weighted by molar-refractivity contribution is 9.10. The molecule has 86 valence electrons. The Labute approximate surface area is 101 Å². The Balaban J connectivity index is 3.42. The molecule has 0 spiro atoms. The highest BCUT2D eigenvalue weighted by atomic mass is 79.9. The molecule has 0 amide bonds. The second kappa shape index (κ2) is 5.07. The normalized spacial score (nSPS) is 9.94. The molecule has 0 aliphatic heterocycles. The predicted octanol–water partition coefficient (Wildman–Crippen LogP) is 2.71. The molecule has 0 radical (unpaired) electrons. The van der Waals surface area contributed by atoms with Gasteiger partial charge in [-0.25, -0.2) is 4.79 Å². The number of non-ortho nitro benzene ring substituents is 1. The third-order valence-electron chi connectivity index (χ3n) is 2.15. The van der Waals surface area contributed by atoms with Gasteiger partial charge in [-0.1, -0.05) is 22.9 Å². The van der Waals surface area contributed by atoms with E-state index in [1.165, 1.54) is 19.2 Å². The molecule has 16 heavy (non-hydrogen) atoms. The van der Waals surface area contributed by atoms with Crippen molar-refractivity contribution in [2.24, 2.45) is 0 Å². The summed E-state index contributed by atoms with van der Waals surface area (Å²) in [7, 11) is 1.24. The summed E-state index contributed by atoms with van der Waals surface area (Å²) < 4.78 is 5.13. The molecule has 0 heterocycles. The van der Waals surface area contributed by atoms with E-state index in [1.807, 2.05) is 6.92 Å². The number of methoxy groups -OCH3 is 1. The van der Waals surface area contributed by atoms with Crippen LogP contribution in [0.2, 0.25) is 0 Å².